The van der Waals surface area contributed by atoms with Crippen LogP contribution < -0.4 is 10.1 Å². The van der Waals surface area contributed by atoms with Crippen LogP contribution in [0.1, 0.15) is 33.3 Å². The van der Waals surface area contributed by atoms with Crippen LogP contribution >= 0.6 is 0 Å². The fourth-order valence-corrected chi connectivity index (χ4v) is 2.31. The molecule has 1 aromatic rings. The molecule has 0 amide bonds. The molecule has 3 heteroatoms. The number of nitrogens with one attached hydrogen (secondary N) is 1. The summed E-state index contributed by atoms with van der Waals surface area (Å²) in [5.41, 5.74) is 1.24. The molecule has 0 aliphatic carbocycles. The summed E-state index contributed by atoms with van der Waals surface area (Å²) < 4.78 is 5.97. The van der Waals surface area contributed by atoms with E-state index >= 15 is 0 Å². The van der Waals surface area contributed by atoms with Gasteiger partial charge >= 0.3 is 0 Å². The minimum Gasteiger partial charge on any atom is -0.492 e. The molecule has 1 rings (SSSR count). The highest BCUT2D eigenvalue weighted by molar-refractivity contribution is 5.33. The quantitative estimate of drug-likeness (QED) is 0.715. The molecule has 0 fully saturated rings. The summed E-state index contributed by atoms with van der Waals surface area (Å²) in [5, 5.41) is 3.48. The van der Waals surface area contributed by atoms with Crippen molar-refractivity contribution in [1.29, 1.82) is 0 Å². The summed E-state index contributed by atoms with van der Waals surface area (Å²) in [7, 11) is 2.15. The van der Waals surface area contributed by atoms with E-state index in [9.17, 15) is 0 Å². The second-order valence-corrected chi connectivity index (χ2v) is 6.64. The number of ether oxygens (including phenoxy) is 1. The summed E-state index contributed by atoms with van der Waals surface area (Å²) in [6.45, 7) is 13.7. The lowest BCUT2D eigenvalue weighted by molar-refractivity contribution is 0.221. The Kier molecular flexibility index (Phi) is 8.40. The first-order chi connectivity index (χ1) is 9.99. The van der Waals surface area contributed by atoms with Crippen molar-refractivity contribution < 1.29 is 4.74 Å². The second kappa shape index (κ2) is 9.80. The Hall–Kier alpha value is -1.06. The van der Waals surface area contributed by atoms with E-state index in [1.807, 2.05) is 6.07 Å². The van der Waals surface area contributed by atoms with Crippen LogP contribution in [0.2, 0.25) is 0 Å². The first kappa shape index (κ1) is 18.0. The Morgan fingerprint density at radius 3 is 2.48 bits per heavy atom. The van der Waals surface area contributed by atoms with Gasteiger partial charge in [-0.05, 0) is 31.5 Å². The Balaban J connectivity index is 2.40. The number of hydrogen-bond acceptors (Lipinski definition) is 3. The van der Waals surface area contributed by atoms with E-state index in [2.05, 4.69) is 63.2 Å². The minimum absolute atomic E-state index is 0.669. The first-order valence-electron chi connectivity index (χ1n) is 8.09. The summed E-state index contributed by atoms with van der Waals surface area (Å²) in [5.74, 6) is 2.37. The zero-order chi connectivity index (χ0) is 15.7. The lowest BCUT2D eigenvalue weighted by Crippen LogP contribution is -2.28. The van der Waals surface area contributed by atoms with Gasteiger partial charge in [-0.2, -0.15) is 0 Å². The SMILES string of the molecule is CC(C)CNCc1ccccc1OCCN(C)CC(C)C. The highest BCUT2D eigenvalue weighted by Crippen LogP contribution is 2.17. The fraction of sp³-hybridized carbons (Fsp3) is 0.667. The standard InChI is InChI=1S/C18H32N2O/c1-15(2)12-19-13-17-8-6-7-9-18(17)21-11-10-20(5)14-16(3)4/h6-9,15-16,19H,10-14H2,1-5H3. The second-order valence-electron chi connectivity index (χ2n) is 6.64. The van der Waals surface area contributed by atoms with Gasteiger partial charge in [-0.15, -0.1) is 0 Å². The molecule has 21 heavy (non-hydrogen) atoms. The highest BCUT2D eigenvalue weighted by atomic mass is 16.5. The molecule has 3 nitrogen and oxygen atoms in total. The average molecular weight is 292 g/mol. The molecular formula is C18H32N2O. The third-order valence-electron chi connectivity index (χ3n) is 3.25. The Bertz CT molecular complexity index is 391. The average Bonchev–Trinajstić information content (AvgIpc) is 2.39. The van der Waals surface area contributed by atoms with Gasteiger partial charge in [0.15, 0.2) is 0 Å². The molecule has 0 saturated carbocycles. The minimum atomic E-state index is 0.669. The van der Waals surface area contributed by atoms with E-state index in [0.717, 1.165) is 38.5 Å². The van der Waals surface area contributed by atoms with Crippen LogP contribution in [0.15, 0.2) is 24.3 Å². The Morgan fingerprint density at radius 1 is 1.10 bits per heavy atom. The molecule has 0 bridgehead atoms. The maximum Gasteiger partial charge on any atom is 0.123 e. The van der Waals surface area contributed by atoms with Crippen molar-refractivity contribution in [2.24, 2.45) is 11.8 Å². The van der Waals surface area contributed by atoms with Crippen molar-refractivity contribution in [2.45, 2.75) is 34.2 Å². The third kappa shape index (κ3) is 8.08. The van der Waals surface area contributed by atoms with E-state index in [1.54, 1.807) is 0 Å². The predicted octanol–water partition coefficient (Wildman–Crippen LogP) is 3.40. The molecule has 0 unspecified atom stereocenters. The van der Waals surface area contributed by atoms with Gasteiger partial charge in [-0.3, -0.25) is 0 Å². The largest absolute Gasteiger partial charge is 0.492 e. The molecule has 0 spiro atoms. The smallest absolute Gasteiger partial charge is 0.123 e. The molecular weight excluding hydrogens is 260 g/mol. The fourth-order valence-electron chi connectivity index (χ4n) is 2.31. The Labute approximate surface area is 130 Å². The summed E-state index contributed by atoms with van der Waals surface area (Å²) in [6, 6.07) is 8.32. The molecule has 1 aromatic carbocycles. The maximum atomic E-state index is 5.97. The Morgan fingerprint density at radius 2 is 1.81 bits per heavy atom. The molecule has 0 radical (unpaired) electrons. The van der Waals surface area contributed by atoms with Crippen LogP contribution in [0, 0.1) is 11.8 Å². The number of para-hydroxylation sites is 1. The molecule has 0 heterocycles. The van der Waals surface area contributed by atoms with Crippen molar-refractivity contribution in [3.63, 3.8) is 0 Å². The van der Waals surface area contributed by atoms with Crippen molar-refractivity contribution in [3.05, 3.63) is 29.8 Å². The van der Waals surface area contributed by atoms with Gasteiger partial charge in [0.25, 0.3) is 0 Å². The molecule has 0 atom stereocenters. The topological polar surface area (TPSA) is 24.5 Å². The number of likely N-dealkylation sites (N-methyl/N-ethyl adjacent to an activating group) is 1. The number of rotatable bonds is 10. The van der Waals surface area contributed by atoms with Crippen LogP contribution in [0.3, 0.4) is 0 Å². The number of benzene rings is 1. The maximum absolute atomic E-state index is 5.97. The monoisotopic (exact) mass is 292 g/mol. The lowest BCUT2D eigenvalue weighted by atomic mass is 10.2. The zero-order valence-corrected chi connectivity index (χ0v) is 14.4. The van der Waals surface area contributed by atoms with Gasteiger partial charge in [-0.25, -0.2) is 0 Å². The van der Waals surface area contributed by atoms with Crippen molar-refractivity contribution in [1.82, 2.24) is 10.2 Å². The lowest BCUT2D eigenvalue weighted by Gasteiger charge is -2.19. The van der Waals surface area contributed by atoms with Crippen molar-refractivity contribution >= 4 is 0 Å². The van der Waals surface area contributed by atoms with Gasteiger partial charge in [0.2, 0.25) is 0 Å². The van der Waals surface area contributed by atoms with E-state index < -0.39 is 0 Å². The van der Waals surface area contributed by atoms with Crippen LogP contribution in [0.4, 0.5) is 0 Å². The van der Waals surface area contributed by atoms with Crippen LogP contribution in [0.5, 0.6) is 5.75 Å². The molecule has 0 aliphatic rings. The van der Waals surface area contributed by atoms with Gasteiger partial charge in [0, 0.05) is 25.2 Å². The van der Waals surface area contributed by atoms with E-state index in [1.165, 1.54) is 5.56 Å². The number of hydrogen-bond donors (Lipinski definition) is 1. The normalized spacial score (nSPS) is 11.6. The van der Waals surface area contributed by atoms with Crippen LogP contribution in [-0.2, 0) is 6.54 Å². The third-order valence-corrected chi connectivity index (χ3v) is 3.25. The zero-order valence-electron chi connectivity index (χ0n) is 14.4. The highest BCUT2D eigenvalue weighted by Gasteiger charge is 2.05. The van der Waals surface area contributed by atoms with Gasteiger partial charge in [-0.1, -0.05) is 45.9 Å². The summed E-state index contributed by atoms with van der Waals surface area (Å²) in [6.07, 6.45) is 0. The molecule has 120 valence electrons. The molecule has 0 aromatic heterocycles. The van der Waals surface area contributed by atoms with E-state index in [4.69, 9.17) is 4.74 Å². The van der Waals surface area contributed by atoms with Crippen LogP contribution in [0.25, 0.3) is 0 Å². The predicted molar refractivity (Wildman–Crippen MR) is 90.8 cm³/mol. The van der Waals surface area contributed by atoms with Crippen molar-refractivity contribution in [3.8, 4) is 5.75 Å². The summed E-state index contributed by atoms with van der Waals surface area (Å²) >= 11 is 0. The van der Waals surface area contributed by atoms with Crippen LogP contribution in [-0.4, -0.2) is 38.2 Å². The molecule has 0 saturated heterocycles. The van der Waals surface area contributed by atoms with Crippen molar-refractivity contribution in [2.75, 3.05) is 33.3 Å². The van der Waals surface area contributed by atoms with E-state index in [0.29, 0.717) is 11.8 Å². The van der Waals surface area contributed by atoms with Gasteiger partial charge in [0.1, 0.15) is 12.4 Å². The van der Waals surface area contributed by atoms with Gasteiger partial charge < -0.3 is 15.0 Å². The summed E-state index contributed by atoms with van der Waals surface area (Å²) in [4.78, 5) is 2.32. The van der Waals surface area contributed by atoms with E-state index in [-0.39, 0.29) is 0 Å². The first-order valence-corrected chi connectivity index (χ1v) is 8.09. The molecule has 1 N–H and O–H groups in total. The molecule has 0 aliphatic heterocycles. The van der Waals surface area contributed by atoms with Gasteiger partial charge in [0.05, 0.1) is 0 Å². The number of nitrogens with zero attached hydrogens (tertiary/aromatic N) is 1.